The van der Waals surface area contributed by atoms with Crippen LogP contribution < -0.4 is 10.6 Å². The zero-order chi connectivity index (χ0) is 24.9. The minimum atomic E-state index is -4.42. The van der Waals surface area contributed by atoms with Gasteiger partial charge in [0.2, 0.25) is 22.1 Å². The summed E-state index contributed by atoms with van der Waals surface area (Å²) in [5.74, 6) is -1.60. The predicted octanol–water partition coefficient (Wildman–Crippen LogP) is 5.39. The number of anilines is 2. The highest BCUT2D eigenvalue weighted by molar-refractivity contribution is 7.15. The zero-order valence-electron chi connectivity index (χ0n) is 17.5. The highest BCUT2D eigenvalue weighted by Gasteiger charge is 2.31. The first kappa shape index (κ1) is 26.2. The molecule has 34 heavy (non-hydrogen) atoms. The van der Waals surface area contributed by atoms with Gasteiger partial charge < -0.3 is 10.6 Å². The fraction of sp³-hybridized carbons (Fsp3) is 0.667. The Bertz CT molecular complexity index is 916. The number of hydrogen-bond acceptors (Lipinski definition) is 8. The molecule has 16 heteroatoms. The average molecular weight is 531 g/mol. The fourth-order valence-electron chi connectivity index (χ4n) is 3.41. The predicted molar refractivity (Wildman–Crippen MR) is 112 cm³/mol. The molecule has 1 aliphatic carbocycles. The minimum absolute atomic E-state index is 0.00851. The number of alkyl halides is 6. The Labute approximate surface area is 197 Å². The normalized spacial score (nSPS) is 19.1. The monoisotopic (exact) mass is 530 g/mol. The van der Waals surface area contributed by atoms with Crippen molar-refractivity contribution < 1.29 is 35.9 Å². The number of hydrogen-bond donors (Lipinski definition) is 2. The molecule has 2 heterocycles. The standard InChI is InChI=1S/C18H20F6N6O2S2/c19-17(20,21)6-4-11(31)25-15-29-27-13(33-15)9-2-1-3-10(8-9)14-28-30-16(34-14)26-12(32)5-7-18(22,23)24/h9-10H,1-8H2,(H,25,29,31)(H,26,30,32)/t9-,10-/m0/s1. The molecular weight excluding hydrogens is 510 g/mol. The Hall–Kier alpha value is -2.36. The van der Waals surface area contributed by atoms with Gasteiger partial charge in [-0.15, -0.1) is 20.4 Å². The largest absolute Gasteiger partial charge is 0.389 e. The van der Waals surface area contributed by atoms with Gasteiger partial charge in [0.15, 0.2) is 0 Å². The first-order valence-corrected chi connectivity index (χ1v) is 11.9. The molecule has 1 aliphatic rings. The molecule has 2 amide bonds. The maximum atomic E-state index is 12.2. The molecule has 2 aromatic heterocycles. The number of aromatic nitrogens is 4. The molecule has 0 spiro atoms. The Morgan fingerprint density at radius 3 is 1.56 bits per heavy atom. The number of amides is 2. The number of rotatable bonds is 8. The van der Waals surface area contributed by atoms with Crippen LogP contribution >= 0.6 is 22.7 Å². The molecule has 0 unspecified atom stereocenters. The molecule has 8 nitrogen and oxygen atoms in total. The molecule has 188 valence electrons. The van der Waals surface area contributed by atoms with Crippen molar-refractivity contribution >= 4 is 44.8 Å². The molecule has 1 fully saturated rings. The molecule has 0 bridgehead atoms. The summed E-state index contributed by atoms with van der Waals surface area (Å²) in [5.41, 5.74) is 0. The Kier molecular flexibility index (Phi) is 8.43. The Morgan fingerprint density at radius 2 is 1.18 bits per heavy atom. The summed E-state index contributed by atoms with van der Waals surface area (Å²) >= 11 is 2.20. The lowest BCUT2D eigenvalue weighted by atomic mass is 9.82. The van der Waals surface area contributed by atoms with Crippen molar-refractivity contribution in [1.82, 2.24) is 20.4 Å². The summed E-state index contributed by atoms with van der Waals surface area (Å²) in [6, 6.07) is 0. The van der Waals surface area contributed by atoms with E-state index < -0.39 is 49.9 Å². The molecule has 1 saturated carbocycles. The molecule has 2 aromatic rings. The highest BCUT2D eigenvalue weighted by atomic mass is 32.1. The summed E-state index contributed by atoms with van der Waals surface area (Å²) in [6.07, 6.45) is -9.62. The molecule has 3 rings (SSSR count). The number of halogens is 6. The SMILES string of the molecule is O=C(CCC(F)(F)F)Nc1nnc([C@H]2CCC[C@H](c3nnc(NC(=O)CCC(F)(F)F)s3)C2)s1. The maximum Gasteiger partial charge on any atom is 0.389 e. The minimum Gasteiger partial charge on any atom is -0.301 e. The second-order valence-electron chi connectivity index (χ2n) is 7.78. The lowest BCUT2D eigenvalue weighted by Crippen LogP contribution is -2.16. The Balaban J connectivity index is 1.53. The van der Waals surface area contributed by atoms with Gasteiger partial charge in [0.25, 0.3) is 0 Å². The summed E-state index contributed by atoms with van der Waals surface area (Å²) in [7, 11) is 0. The number of nitrogens with one attached hydrogen (secondary N) is 2. The van der Waals surface area contributed by atoms with Gasteiger partial charge in [-0.05, 0) is 19.3 Å². The van der Waals surface area contributed by atoms with Crippen LogP contribution in [0.5, 0.6) is 0 Å². The Morgan fingerprint density at radius 1 is 0.765 bits per heavy atom. The molecule has 2 atom stereocenters. The molecule has 0 aromatic carbocycles. The van der Waals surface area contributed by atoms with Crippen LogP contribution in [-0.2, 0) is 9.59 Å². The van der Waals surface area contributed by atoms with Crippen molar-refractivity contribution in [3.63, 3.8) is 0 Å². The topological polar surface area (TPSA) is 110 Å². The highest BCUT2D eigenvalue weighted by Crippen LogP contribution is 2.43. The lowest BCUT2D eigenvalue weighted by molar-refractivity contribution is -0.142. The van der Waals surface area contributed by atoms with Gasteiger partial charge in [0, 0.05) is 24.7 Å². The van der Waals surface area contributed by atoms with Gasteiger partial charge in [0.05, 0.1) is 12.8 Å². The summed E-state index contributed by atoms with van der Waals surface area (Å²) in [5, 5.41) is 22.0. The van der Waals surface area contributed by atoms with Crippen molar-refractivity contribution in [2.45, 2.75) is 75.6 Å². The van der Waals surface area contributed by atoms with Crippen molar-refractivity contribution in [2.75, 3.05) is 10.6 Å². The third-order valence-electron chi connectivity index (χ3n) is 5.02. The van der Waals surface area contributed by atoms with Crippen LogP contribution in [0, 0.1) is 0 Å². The first-order chi connectivity index (χ1) is 15.9. The van der Waals surface area contributed by atoms with Crippen molar-refractivity contribution in [1.29, 1.82) is 0 Å². The summed E-state index contributed by atoms with van der Waals surface area (Å²) in [6.45, 7) is 0. The van der Waals surface area contributed by atoms with Gasteiger partial charge >= 0.3 is 12.4 Å². The van der Waals surface area contributed by atoms with E-state index >= 15 is 0 Å². The van der Waals surface area contributed by atoms with E-state index in [1.165, 1.54) is 0 Å². The lowest BCUT2D eigenvalue weighted by Gasteiger charge is -2.25. The van der Waals surface area contributed by atoms with Crippen LogP contribution in [0.15, 0.2) is 0 Å². The molecule has 0 saturated heterocycles. The second kappa shape index (κ2) is 10.9. The van der Waals surface area contributed by atoms with Crippen molar-refractivity contribution in [3.05, 3.63) is 10.0 Å². The number of carbonyl (C=O) groups is 2. The van der Waals surface area contributed by atoms with Crippen LogP contribution in [0.2, 0.25) is 0 Å². The molecule has 0 aliphatic heterocycles. The van der Waals surface area contributed by atoms with Gasteiger partial charge in [-0.25, -0.2) is 0 Å². The van der Waals surface area contributed by atoms with Gasteiger partial charge in [-0.1, -0.05) is 29.1 Å². The van der Waals surface area contributed by atoms with Crippen LogP contribution in [0.4, 0.5) is 36.6 Å². The average Bonchev–Trinajstić information content (AvgIpc) is 3.40. The zero-order valence-corrected chi connectivity index (χ0v) is 19.1. The van der Waals surface area contributed by atoms with Gasteiger partial charge in [-0.3, -0.25) is 9.59 Å². The number of carbonyl (C=O) groups excluding carboxylic acids is 2. The van der Waals surface area contributed by atoms with E-state index in [4.69, 9.17) is 0 Å². The number of nitrogens with zero attached hydrogens (tertiary/aromatic N) is 4. The van der Waals surface area contributed by atoms with Crippen LogP contribution in [0.3, 0.4) is 0 Å². The maximum absolute atomic E-state index is 12.2. The summed E-state index contributed by atoms with van der Waals surface area (Å²) in [4.78, 5) is 23.4. The van der Waals surface area contributed by atoms with Crippen LogP contribution in [-0.4, -0.2) is 44.6 Å². The smallest absolute Gasteiger partial charge is 0.301 e. The molecule has 0 radical (unpaired) electrons. The van der Waals surface area contributed by atoms with E-state index in [-0.39, 0.29) is 22.1 Å². The van der Waals surface area contributed by atoms with E-state index in [0.717, 1.165) is 41.9 Å². The summed E-state index contributed by atoms with van der Waals surface area (Å²) < 4.78 is 73.5. The van der Waals surface area contributed by atoms with E-state index in [9.17, 15) is 35.9 Å². The first-order valence-electron chi connectivity index (χ1n) is 10.3. The third kappa shape index (κ3) is 8.45. The molecular formula is C18H20F6N6O2S2. The van der Waals surface area contributed by atoms with E-state index in [0.29, 0.717) is 16.4 Å². The molecule has 2 N–H and O–H groups in total. The van der Waals surface area contributed by atoms with E-state index in [2.05, 4.69) is 31.0 Å². The van der Waals surface area contributed by atoms with E-state index in [1.54, 1.807) is 0 Å². The third-order valence-corrected chi connectivity index (χ3v) is 7.02. The van der Waals surface area contributed by atoms with Crippen molar-refractivity contribution in [2.24, 2.45) is 0 Å². The van der Waals surface area contributed by atoms with Crippen LogP contribution in [0.25, 0.3) is 0 Å². The van der Waals surface area contributed by atoms with Gasteiger partial charge in [0.1, 0.15) is 10.0 Å². The second-order valence-corrected chi connectivity index (χ2v) is 9.80. The quantitative estimate of drug-likeness (QED) is 0.443. The van der Waals surface area contributed by atoms with Gasteiger partial charge in [-0.2, -0.15) is 26.3 Å². The van der Waals surface area contributed by atoms with E-state index in [1.807, 2.05) is 0 Å². The van der Waals surface area contributed by atoms with Crippen LogP contribution in [0.1, 0.15) is 73.2 Å². The van der Waals surface area contributed by atoms with Crippen molar-refractivity contribution in [3.8, 4) is 0 Å². The fourth-order valence-corrected chi connectivity index (χ4v) is 5.23.